The van der Waals surface area contributed by atoms with Crippen molar-refractivity contribution in [2.45, 2.75) is 17.9 Å². The molecule has 0 saturated carbocycles. The Morgan fingerprint density at radius 1 is 1.67 bits per heavy atom. The molecular weight excluding hydrogens is 220 g/mol. The van der Waals surface area contributed by atoms with E-state index in [-0.39, 0.29) is 5.75 Å². The summed E-state index contributed by atoms with van der Waals surface area (Å²) in [5.74, 6) is -1.63. The minimum absolute atomic E-state index is 0.297. The van der Waals surface area contributed by atoms with Gasteiger partial charge in [0, 0.05) is 18.8 Å². The van der Waals surface area contributed by atoms with Crippen LogP contribution < -0.4 is 0 Å². The number of aliphatic carboxylic acids is 1. The molecule has 0 bridgehead atoms. The van der Waals surface area contributed by atoms with E-state index in [2.05, 4.69) is 5.10 Å². The van der Waals surface area contributed by atoms with Crippen LogP contribution >= 0.6 is 0 Å². The molecular formula is C8H12N2O4S. The maximum atomic E-state index is 11.5. The molecule has 84 valence electrons. The highest BCUT2D eigenvalue weighted by molar-refractivity contribution is 7.91. The number of carboxylic acid groups (broad SMARTS) is 1. The van der Waals surface area contributed by atoms with E-state index in [1.165, 1.54) is 10.9 Å². The number of sulfone groups is 1. The largest absolute Gasteiger partial charge is 0.480 e. The van der Waals surface area contributed by atoms with Crippen LogP contribution in [0, 0.1) is 0 Å². The van der Waals surface area contributed by atoms with Crippen LogP contribution in [0.2, 0.25) is 0 Å². The summed E-state index contributed by atoms with van der Waals surface area (Å²) in [5.41, 5.74) is 0.491. The summed E-state index contributed by atoms with van der Waals surface area (Å²) in [5, 5.41) is 11.0. The minimum atomic E-state index is -3.65. The van der Waals surface area contributed by atoms with Gasteiger partial charge in [0.15, 0.2) is 15.1 Å². The van der Waals surface area contributed by atoms with Crippen molar-refractivity contribution in [3.8, 4) is 0 Å². The molecule has 1 N–H and O–H groups in total. The molecule has 0 radical (unpaired) electrons. The Bertz CT molecular complexity index is 463. The molecule has 0 amide bonds. The second kappa shape index (κ2) is 4.01. The molecule has 1 heterocycles. The highest BCUT2D eigenvalue weighted by atomic mass is 32.2. The van der Waals surface area contributed by atoms with Crippen LogP contribution in [-0.2, 0) is 27.4 Å². The molecule has 6 nitrogen and oxygen atoms in total. The fraction of sp³-hybridized carbons (Fsp3) is 0.500. The summed E-state index contributed by atoms with van der Waals surface area (Å²) in [6.45, 7) is 1.16. The van der Waals surface area contributed by atoms with Crippen molar-refractivity contribution >= 4 is 15.8 Å². The number of carboxylic acids is 1. The lowest BCUT2D eigenvalue weighted by atomic mass is 10.4. The zero-order valence-corrected chi connectivity index (χ0v) is 9.23. The lowest BCUT2D eigenvalue weighted by Gasteiger charge is -2.06. The normalized spacial score (nSPS) is 13.7. The Hall–Kier alpha value is -1.37. The number of hydrogen-bond acceptors (Lipinski definition) is 4. The first-order chi connectivity index (χ1) is 6.83. The van der Waals surface area contributed by atoms with Gasteiger partial charge in [-0.05, 0) is 6.92 Å². The maximum Gasteiger partial charge on any atom is 0.321 e. The van der Waals surface area contributed by atoms with Gasteiger partial charge in [-0.2, -0.15) is 5.10 Å². The van der Waals surface area contributed by atoms with Gasteiger partial charge in [-0.3, -0.25) is 9.48 Å². The molecule has 1 unspecified atom stereocenters. The third kappa shape index (κ3) is 2.79. The average Bonchev–Trinajstić information content (AvgIpc) is 2.48. The fourth-order valence-electron chi connectivity index (χ4n) is 1.06. The maximum absolute atomic E-state index is 11.5. The van der Waals surface area contributed by atoms with Crippen molar-refractivity contribution < 1.29 is 18.3 Å². The molecule has 1 aromatic rings. The molecule has 7 heteroatoms. The number of aromatic nitrogens is 2. The van der Waals surface area contributed by atoms with Gasteiger partial charge in [0.25, 0.3) is 0 Å². The van der Waals surface area contributed by atoms with Gasteiger partial charge in [0.1, 0.15) is 0 Å². The van der Waals surface area contributed by atoms with E-state index in [9.17, 15) is 13.2 Å². The minimum Gasteiger partial charge on any atom is -0.480 e. The Balaban J connectivity index is 2.86. The standard InChI is InChI=1S/C8H12N2O4S/c1-6(8(11)12)15(13,14)5-7-3-9-10(2)4-7/h3-4,6H,5H2,1-2H3,(H,11,12). The Kier molecular flexibility index (Phi) is 3.13. The van der Waals surface area contributed by atoms with Gasteiger partial charge in [0.2, 0.25) is 0 Å². The third-order valence-corrected chi connectivity index (χ3v) is 4.03. The van der Waals surface area contributed by atoms with E-state index in [0.717, 1.165) is 6.92 Å². The lowest BCUT2D eigenvalue weighted by molar-refractivity contribution is -0.136. The van der Waals surface area contributed by atoms with Crippen LogP contribution in [0.25, 0.3) is 0 Å². The molecule has 0 spiro atoms. The van der Waals surface area contributed by atoms with E-state index in [0.29, 0.717) is 5.56 Å². The van der Waals surface area contributed by atoms with E-state index >= 15 is 0 Å². The van der Waals surface area contributed by atoms with Gasteiger partial charge >= 0.3 is 5.97 Å². The molecule has 1 atom stereocenters. The van der Waals surface area contributed by atoms with Crippen molar-refractivity contribution in [1.82, 2.24) is 9.78 Å². The molecule has 0 aliphatic rings. The number of nitrogens with zero attached hydrogens (tertiary/aromatic N) is 2. The topological polar surface area (TPSA) is 89.3 Å². The highest BCUT2D eigenvalue weighted by Gasteiger charge is 2.27. The predicted molar refractivity (Wildman–Crippen MR) is 52.9 cm³/mol. The first kappa shape index (κ1) is 11.7. The molecule has 1 aromatic heterocycles. The molecule has 0 fully saturated rings. The zero-order chi connectivity index (χ0) is 11.6. The van der Waals surface area contributed by atoms with Gasteiger partial charge in [-0.15, -0.1) is 0 Å². The number of rotatable bonds is 4. The monoisotopic (exact) mass is 232 g/mol. The van der Waals surface area contributed by atoms with Crippen molar-refractivity contribution in [3.63, 3.8) is 0 Å². The van der Waals surface area contributed by atoms with Crippen molar-refractivity contribution in [2.24, 2.45) is 7.05 Å². The lowest BCUT2D eigenvalue weighted by Crippen LogP contribution is -2.27. The van der Waals surface area contributed by atoms with Gasteiger partial charge in [-0.1, -0.05) is 0 Å². The van der Waals surface area contributed by atoms with Crippen molar-refractivity contribution in [3.05, 3.63) is 18.0 Å². The number of aryl methyl sites for hydroxylation is 1. The zero-order valence-electron chi connectivity index (χ0n) is 8.41. The fourth-order valence-corrected chi connectivity index (χ4v) is 2.23. The van der Waals surface area contributed by atoms with Gasteiger partial charge in [-0.25, -0.2) is 8.42 Å². The Labute approximate surface area is 87.4 Å². The van der Waals surface area contributed by atoms with Crippen LogP contribution in [0.5, 0.6) is 0 Å². The molecule has 0 aliphatic carbocycles. The molecule has 0 aliphatic heterocycles. The number of carbonyl (C=O) groups is 1. The second-order valence-corrected chi connectivity index (χ2v) is 5.63. The number of hydrogen-bond donors (Lipinski definition) is 1. The Morgan fingerprint density at radius 3 is 2.67 bits per heavy atom. The SMILES string of the molecule is CC(C(=O)O)S(=O)(=O)Cc1cnn(C)c1. The van der Waals surface area contributed by atoms with E-state index in [1.54, 1.807) is 13.2 Å². The predicted octanol–water partition coefficient (Wildman–Crippen LogP) is -0.192. The van der Waals surface area contributed by atoms with Crippen LogP contribution in [0.4, 0.5) is 0 Å². The van der Waals surface area contributed by atoms with Crippen LogP contribution in [0.3, 0.4) is 0 Å². The molecule has 0 saturated heterocycles. The third-order valence-electron chi connectivity index (χ3n) is 2.01. The quantitative estimate of drug-likeness (QED) is 0.777. The summed E-state index contributed by atoms with van der Waals surface area (Å²) in [6.07, 6.45) is 2.96. The summed E-state index contributed by atoms with van der Waals surface area (Å²) in [7, 11) is -1.99. The van der Waals surface area contributed by atoms with E-state index in [1.807, 2.05) is 0 Å². The molecule has 15 heavy (non-hydrogen) atoms. The first-order valence-corrected chi connectivity index (χ1v) is 5.96. The summed E-state index contributed by atoms with van der Waals surface area (Å²) in [6, 6.07) is 0. The first-order valence-electron chi connectivity index (χ1n) is 4.25. The summed E-state index contributed by atoms with van der Waals surface area (Å²) < 4.78 is 24.5. The van der Waals surface area contributed by atoms with Crippen molar-refractivity contribution in [1.29, 1.82) is 0 Å². The van der Waals surface area contributed by atoms with Crippen LogP contribution in [-0.4, -0.2) is 34.5 Å². The van der Waals surface area contributed by atoms with Gasteiger partial charge < -0.3 is 5.11 Å². The van der Waals surface area contributed by atoms with Gasteiger partial charge in [0.05, 0.1) is 11.9 Å². The molecule has 1 rings (SSSR count). The second-order valence-electron chi connectivity index (χ2n) is 3.31. The van der Waals surface area contributed by atoms with E-state index < -0.39 is 21.1 Å². The Morgan fingerprint density at radius 2 is 2.27 bits per heavy atom. The summed E-state index contributed by atoms with van der Waals surface area (Å²) >= 11 is 0. The highest BCUT2D eigenvalue weighted by Crippen LogP contribution is 2.10. The molecule has 0 aromatic carbocycles. The smallest absolute Gasteiger partial charge is 0.321 e. The average molecular weight is 232 g/mol. The van der Waals surface area contributed by atoms with Crippen LogP contribution in [0.15, 0.2) is 12.4 Å². The van der Waals surface area contributed by atoms with Crippen molar-refractivity contribution in [2.75, 3.05) is 0 Å². The summed E-state index contributed by atoms with van der Waals surface area (Å²) in [4.78, 5) is 10.5. The van der Waals surface area contributed by atoms with E-state index in [4.69, 9.17) is 5.11 Å². The van der Waals surface area contributed by atoms with Crippen LogP contribution in [0.1, 0.15) is 12.5 Å².